The summed E-state index contributed by atoms with van der Waals surface area (Å²) in [6, 6.07) is 10.3. The van der Waals surface area contributed by atoms with E-state index in [0.717, 1.165) is 11.3 Å². The van der Waals surface area contributed by atoms with Gasteiger partial charge >= 0.3 is 0 Å². The van der Waals surface area contributed by atoms with Crippen molar-refractivity contribution in [3.8, 4) is 0 Å². The number of amides is 2. The molecule has 0 aliphatic carbocycles. The Morgan fingerprint density at radius 1 is 1.23 bits per heavy atom. The zero-order valence-corrected chi connectivity index (χ0v) is 19.3. The van der Waals surface area contributed by atoms with Gasteiger partial charge in [-0.1, -0.05) is 44.5 Å². The monoisotopic (exact) mass is 440 g/mol. The van der Waals surface area contributed by atoms with E-state index >= 15 is 0 Å². The molecule has 1 aromatic carbocycles. The van der Waals surface area contributed by atoms with Crippen LogP contribution in [0.4, 0.5) is 5.69 Å². The van der Waals surface area contributed by atoms with Crippen LogP contribution in [0.3, 0.4) is 0 Å². The highest BCUT2D eigenvalue weighted by molar-refractivity contribution is 6.31. The molecule has 1 fully saturated rings. The zero-order chi connectivity index (χ0) is 22.6. The van der Waals surface area contributed by atoms with Gasteiger partial charge in [0.1, 0.15) is 5.41 Å². The van der Waals surface area contributed by atoms with Gasteiger partial charge in [0, 0.05) is 48.7 Å². The van der Waals surface area contributed by atoms with Crippen LogP contribution in [-0.4, -0.2) is 47.9 Å². The number of anilines is 1. The average Bonchev–Trinajstić information content (AvgIpc) is 3.16. The minimum absolute atomic E-state index is 0.0646. The Kier molecular flexibility index (Phi) is 5.34. The topological polar surface area (TPSA) is 74.3 Å². The molecular weight excluding hydrogens is 412 g/mol. The Bertz CT molecular complexity index is 1020. The van der Waals surface area contributed by atoms with Crippen molar-refractivity contribution in [2.24, 2.45) is 5.41 Å². The molecule has 0 radical (unpaired) electrons. The van der Waals surface area contributed by atoms with Crippen LogP contribution in [0.15, 0.2) is 42.6 Å². The second-order valence-corrected chi connectivity index (χ2v) is 10.4. The Morgan fingerprint density at radius 3 is 2.58 bits per heavy atom. The maximum atomic E-state index is 13.8. The first-order chi connectivity index (χ1) is 14.6. The lowest BCUT2D eigenvalue weighted by atomic mass is 9.63. The minimum Gasteiger partial charge on any atom is -0.347 e. The smallest absolute Gasteiger partial charge is 0.239 e. The average molecular weight is 441 g/mol. The molecule has 1 saturated heterocycles. The van der Waals surface area contributed by atoms with E-state index in [1.807, 2.05) is 30.3 Å². The summed E-state index contributed by atoms with van der Waals surface area (Å²) in [6.07, 6.45) is 2.43. The molecule has 7 heteroatoms. The fourth-order valence-corrected chi connectivity index (χ4v) is 5.37. The number of carbonyl (C=O) groups excluding carboxylic acids is 2. The fraction of sp³-hybridized carbons (Fsp3) is 0.458. The zero-order valence-electron chi connectivity index (χ0n) is 18.6. The van der Waals surface area contributed by atoms with E-state index in [-0.39, 0.29) is 23.3 Å². The van der Waals surface area contributed by atoms with Crippen LogP contribution < -0.4 is 10.6 Å². The Morgan fingerprint density at radius 2 is 1.97 bits per heavy atom. The molecule has 2 amide bonds. The summed E-state index contributed by atoms with van der Waals surface area (Å²) in [4.78, 5) is 33.4. The predicted molar refractivity (Wildman–Crippen MR) is 122 cm³/mol. The first-order valence-electron chi connectivity index (χ1n) is 10.6. The van der Waals surface area contributed by atoms with Gasteiger partial charge in [-0.2, -0.15) is 0 Å². The van der Waals surface area contributed by atoms with E-state index in [0.29, 0.717) is 17.1 Å². The maximum absolute atomic E-state index is 13.8. The van der Waals surface area contributed by atoms with Gasteiger partial charge in [-0.3, -0.25) is 14.6 Å². The number of nitrogens with one attached hydrogen (secondary N) is 2. The molecule has 3 heterocycles. The molecular formula is C24H29ClN4O2. The van der Waals surface area contributed by atoms with Gasteiger partial charge in [0.2, 0.25) is 11.8 Å². The lowest BCUT2D eigenvalue weighted by molar-refractivity contribution is -0.131. The van der Waals surface area contributed by atoms with E-state index in [2.05, 4.69) is 36.4 Å². The van der Waals surface area contributed by atoms with Gasteiger partial charge in [0.25, 0.3) is 0 Å². The van der Waals surface area contributed by atoms with Gasteiger partial charge in [-0.25, -0.2) is 0 Å². The Labute approximate surface area is 188 Å². The molecule has 2 N–H and O–H groups in total. The van der Waals surface area contributed by atoms with E-state index < -0.39 is 17.4 Å². The van der Waals surface area contributed by atoms with Crippen LogP contribution in [0.1, 0.15) is 44.4 Å². The summed E-state index contributed by atoms with van der Waals surface area (Å²) < 4.78 is 0. The molecule has 31 heavy (non-hydrogen) atoms. The highest BCUT2D eigenvalue weighted by Gasteiger charge is 2.66. The van der Waals surface area contributed by atoms with E-state index in [1.165, 1.54) is 0 Å². The van der Waals surface area contributed by atoms with Crippen molar-refractivity contribution in [2.75, 3.05) is 19.4 Å². The highest BCUT2D eigenvalue weighted by Crippen LogP contribution is 2.56. The Balaban J connectivity index is 1.99. The second kappa shape index (κ2) is 7.61. The molecule has 164 valence electrons. The third-order valence-electron chi connectivity index (χ3n) is 6.34. The van der Waals surface area contributed by atoms with Crippen molar-refractivity contribution in [3.05, 3.63) is 58.9 Å². The van der Waals surface area contributed by atoms with E-state index in [9.17, 15) is 9.59 Å². The van der Waals surface area contributed by atoms with Gasteiger partial charge in [-0.05, 0) is 41.7 Å². The van der Waals surface area contributed by atoms with Crippen LogP contribution in [0, 0.1) is 5.41 Å². The standard InChI is InChI=1S/C24H29ClN4O2/c1-23(2,3)13-18-24(15-10-9-14(25)12-17(15)27-22(24)31)19(16-8-6-7-11-26-16)20(28-18)21(30)29(4)5/h6-12,18-20,28H,13H2,1-5H3,(H,27,31)/t18-,19+,20-,24+/m1/s1. The van der Waals surface area contributed by atoms with E-state index in [4.69, 9.17) is 11.6 Å². The number of nitrogens with zero attached hydrogens (tertiary/aromatic N) is 2. The van der Waals surface area contributed by atoms with Gasteiger partial charge < -0.3 is 15.5 Å². The van der Waals surface area contributed by atoms with Gasteiger partial charge in [-0.15, -0.1) is 0 Å². The number of benzene rings is 1. The molecule has 0 bridgehead atoms. The number of pyridine rings is 1. The minimum atomic E-state index is -0.974. The molecule has 2 aliphatic rings. The van der Waals surface area contributed by atoms with Crippen molar-refractivity contribution in [1.29, 1.82) is 0 Å². The SMILES string of the molecule is CN(C)C(=O)[C@@H]1N[C@H](CC(C)(C)C)[C@]2(C(=O)Nc3cc(Cl)ccc32)[C@H]1c1ccccn1. The molecule has 2 aromatic rings. The molecule has 6 nitrogen and oxygen atoms in total. The summed E-state index contributed by atoms with van der Waals surface area (Å²) >= 11 is 6.24. The number of likely N-dealkylation sites (N-methyl/N-ethyl adjacent to an activating group) is 1. The van der Waals surface area contributed by atoms with Crippen molar-refractivity contribution in [1.82, 2.24) is 15.2 Å². The molecule has 0 unspecified atom stereocenters. The summed E-state index contributed by atoms with van der Waals surface area (Å²) in [5, 5.41) is 7.19. The maximum Gasteiger partial charge on any atom is 0.239 e. The van der Waals surface area contributed by atoms with Crippen molar-refractivity contribution >= 4 is 29.1 Å². The van der Waals surface area contributed by atoms with Gasteiger partial charge in [0.05, 0.1) is 6.04 Å². The fourth-order valence-electron chi connectivity index (χ4n) is 5.20. The summed E-state index contributed by atoms with van der Waals surface area (Å²) in [6.45, 7) is 6.44. The predicted octanol–water partition coefficient (Wildman–Crippen LogP) is 3.57. The molecule has 2 aliphatic heterocycles. The van der Waals surface area contributed by atoms with E-state index in [1.54, 1.807) is 31.3 Å². The van der Waals surface area contributed by atoms with Crippen molar-refractivity contribution in [3.63, 3.8) is 0 Å². The number of carbonyl (C=O) groups is 2. The van der Waals surface area contributed by atoms with Crippen LogP contribution >= 0.6 is 11.6 Å². The molecule has 0 saturated carbocycles. The lowest BCUT2D eigenvalue weighted by Gasteiger charge is -2.37. The van der Waals surface area contributed by atoms with Crippen LogP contribution in [0.2, 0.25) is 5.02 Å². The number of rotatable bonds is 3. The van der Waals surface area contributed by atoms with Crippen LogP contribution in [0.5, 0.6) is 0 Å². The lowest BCUT2D eigenvalue weighted by Crippen LogP contribution is -2.49. The first-order valence-corrected chi connectivity index (χ1v) is 10.9. The van der Waals surface area contributed by atoms with Crippen LogP contribution in [-0.2, 0) is 15.0 Å². The summed E-state index contributed by atoms with van der Waals surface area (Å²) in [5.74, 6) is -0.642. The molecule has 1 spiro atoms. The third-order valence-corrected chi connectivity index (χ3v) is 6.57. The Hall–Kier alpha value is -2.44. The molecule has 4 rings (SSSR count). The van der Waals surface area contributed by atoms with Gasteiger partial charge in [0.15, 0.2) is 0 Å². The normalized spacial score (nSPS) is 27.3. The largest absolute Gasteiger partial charge is 0.347 e. The summed E-state index contributed by atoms with van der Waals surface area (Å²) in [7, 11) is 3.48. The summed E-state index contributed by atoms with van der Waals surface area (Å²) in [5.41, 5.74) is 1.26. The number of hydrogen-bond donors (Lipinski definition) is 2. The first kappa shape index (κ1) is 21.8. The third kappa shape index (κ3) is 3.52. The molecule has 4 atom stereocenters. The molecule has 1 aromatic heterocycles. The van der Waals surface area contributed by atoms with Crippen LogP contribution in [0.25, 0.3) is 0 Å². The number of halogens is 1. The number of fused-ring (bicyclic) bond motifs is 2. The number of aromatic nitrogens is 1. The van der Waals surface area contributed by atoms with Crippen molar-refractivity contribution < 1.29 is 9.59 Å². The number of hydrogen-bond acceptors (Lipinski definition) is 4. The quantitative estimate of drug-likeness (QED) is 0.765. The second-order valence-electron chi connectivity index (χ2n) is 9.94. The highest BCUT2D eigenvalue weighted by atomic mass is 35.5. The van der Waals surface area contributed by atoms with Crippen molar-refractivity contribution in [2.45, 2.75) is 50.6 Å².